The van der Waals surface area contributed by atoms with Crippen molar-refractivity contribution in [2.24, 2.45) is 4.99 Å². The Bertz CT molecular complexity index is 261. The zero-order chi connectivity index (χ0) is 10.3. The smallest absolute Gasteiger partial charge is 0.0339 e. The first-order valence-corrected chi connectivity index (χ1v) is 4.58. The summed E-state index contributed by atoms with van der Waals surface area (Å²) >= 11 is 0. The van der Waals surface area contributed by atoms with E-state index in [0.29, 0.717) is 0 Å². The third-order valence-corrected chi connectivity index (χ3v) is 1.94. The molecule has 0 aromatic heterocycles. The number of nitrogens with zero attached hydrogens (tertiary/aromatic N) is 1. The van der Waals surface area contributed by atoms with Gasteiger partial charge >= 0.3 is 0 Å². The summed E-state index contributed by atoms with van der Waals surface area (Å²) in [5.74, 6) is 0. The molecule has 0 amide bonds. The van der Waals surface area contributed by atoms with Crippen LogP contribution < -0.4 is 0 Å². The summed E-state index contributed by atoms with van der Waals surface area (Å²) in [7, 11) is 0. The second-order valence-electron chi connectivity index (χ2n) is 3.13. The van der Waals surface area contributed by atoms with E-state index < -0.39 is 0 Å². The molecule has 0 rings (SSSR count). The number of allylic oxidation sites excluding steroid dienone is 5. The molecule has 0 aromatic carbocycles. The van der Waals surface area contributed by atoms with E-state index in [1.807, 2.05) is 26.1 Å². The summed E-state index contributed by atoms with van der Waals surface area (Å²) in [5, 5.41) is 0. The van der Waals surface area contributed by atoms with E-state index in [1.165, 1.54) is 16.7 Å². The first-order chi connectivity index (χ1) is 6.13. The lowest BCUT2D eigenvalue weighted by Gasteiger charge is -2.02. The van der Waals surface area contributed by atoms with Crippen molar-refractivity contribution in [2.45, 2.75) is 34.6 Å². The van der Waals surface area contributed by atoms with Crippen LogP contribution >= 0.6 is 0 Å². The molecule has 1 nitrogen and oxygen atoms in total. The number of hydrogen-bond acceptors (Lipinski definition) is 1. The van der Waals surface area contributed by atoms with Gasteiger partial charge in [0.1, 0.15) is 0 Å². The van der Waals surface area contributed by atoms with Gasteiger partial charge in [-0.05, 0) is 45.8 Å². The van der Waals surface area contributed by atoms with Gasteiger partial charge < -0.3 is 0 Å². The average Bonchev–Trinajstić information content (AvgIpc) is 2.11. The van der Waals surface area contributed by atoms with E-state index >= 15 is 0 Å². The summed E-state index contributed by atoms with van der Waals surface area (Å²) in [5.41, 5.74) is 3.83. The second kappa shape index (κ2) is 6.41. The van der Waals surface area contributed by atoms with Gasteiger partial charge in [-0.25, -0.2) is 0 Å². The Morgan fingerprint density at radius 3 is 2.08 bits per heavy atom. The van der Waals surface area contributed by atoms with Crippen LogP contribution in [0.4, 0.5) is 0 Å². The Morgan fingerprint density at radius 2 is 1.69 bits per heavy atom. The molecule has 0 bridgehead atoms. The predicted octanol–water partition coefficient (Wildman–Crippen LogP) is 3.89. The minimum atomic E-state index is 1.19. The molecule has 0 spiro atoms. The lowest BCUT2D eigenvalue weighted by atomic mass is 10.0. The Kier molecular flexibility index (Phi) is 5.86. The van der Waals surface area contributed by atoms with Crippen LogP contribution in [-0.4, -0.2) is 6.21 Å². The monoisotopic (exact) mass is 177 g/mol. The summed E-state index contributed by atoms with van der Waals surface area (Å²) in [6.07, 6.45) is 7.68. The SMILES string of the molecule is C\C=C/N=C\C(=C\C)C(C)=C(C)C. The molecule has 13 heavy (non-hydrogen) atoms. The highest BCUT2D eigenvalue weighted by molar-refractivity contribution is 5.84. The molecule has 0 N–H and O–H groups in total. The van der Waals surface area contributed by atoms with Crippen LogP contribution in [-0.2, 0) is 0 Å². The van der Waals surface area contributed by atoms with E-state index in [9.17, 15) is 0 Å². The van der Waals surface area contributed by atoms with Gasteiger partial charge in [0.15, 0.2) is 0 Å². The number of rotatable bonds is 3. The molecule has 72 valence electrons. The number of hydrogen-bond donors (Lipinski definition) is 0. The summed E-state index contributed by atoms with van der Waals surface area (Å²) in [6.45, 7) is 10.3. The van der Waals surface area contributed by atoms with Crippen molar-refractivity contribution in [2.75, 3.05) is 0 Å². The van der Waals surface area contributed by atoms with Crippen molar-refractivity contribution in [3.63, 3.8) is 0 Å². The molecule has 0 saturated carbocycles. The maximum atomic E-state index is 4.16. The molecule has 0 aliphatic rings. The molecule has 0 fully saturated rings. The predicted molar refractivity (Wildman–Crippen MR) is 61.1 cm³/mol. The molecule has 1 heteroatoms. The van der Waals surface area contributed by atoms with Crippen molar-refractivity contribution < 1.29 is 0 Å². The van der Waals surface area contributed by atoms with Gasteiger partial charge in [0.05, 0.1) is 0 Å². The van der Waals surface area contributed by atoms with Crippen LogP contribution in [0.3, 0.4) is 0 Å². The van der Waals surface area contributed by atoms with Crippen LogP contribution in [0, 0.1) is 0 Å². The van der Waals surface area contributed by atoms with E-state index in [4.69, 9.17) is 0 Å². The lowest BCUT2D eigenvalue weighted by molar-refractivity contribution is 1.27. The molecule has 0 atom stereocenters. The molecule has 0 aliphatic carbocycles. The zero-order valence-corrected chi connectivity index (χ0v) is 9.26. The summed E-state index contributed by atoms with van der Waals surface area (Å²) < 4.78 is 0. The van der Waals surface area contributed by atoms with E-state index in [0.717, 1.165) is 0 Å². The Morgan fingerprint density at radius 1 is 1.08 bits per heavy atom. The van der Waals surface area contributed by atoms with Crippen LogP contribution in [0.1, 0.15) is 34.6 Å². The van der Waals surface area contributed by atoms with Crippen molar-refractivity contribution in [1.82, 2.24) is 0 Å². The first kappa shape index (κ1) is 11.9. The molecule has 0 heterocycles. The van der Waals surface area contributed by atoms with E-state index in [2.05, 4.69) is 31.8 Å². The Labute approximate surface area is 81.6 Å². The molecule has 0 aliphatic heterocycles. The van der Waals surface area contributed by atoms with Gasteiger partial charge in [-0.1, -0.05) is 17.7 Å². The highest BCUT2D eigenvalue weighted by atomic mass is 14.7. The van der Waals surface area contributed by atoms with E-state index in [-0.39, 0.29) is 0 Å². The van der Waals surface area contributed by atoms with Gasteiger partial charge in [-0.2, -0.15) is 0 Å². The molecule has 0 aromatic rings. The highest BCUT2D eigenvalue weighted by Crippen LogP contribution is 2.11. The first-order valence-electron chi connectivity index (χ1n) is 4.58. The lowest BCUT2D eigenvalue weighted by Crippen LogP contribution is -1.88. The van der Waals surface area contributed by atoms with Crippen molar-refractivity contribution in [1.29, 1.82) is 0 Å². The molecular weight excluding hydrogens is 158 g/mol. The standard InChI is InChI=1S/C12H19N/c1-6-8-13-9-12(7-2)11(5)10(3)4/h6-9H,1-5H3/b8-6-,12-7-,13-9-. The zero-order valence-electron chi connectivity index (χ0n) is 9.26. The number of aliphatic imine (C=N–C) groups is 1. The maximum absolute atomic E-state index is 4.16. The molecule has 0 saturated heterocycles. The van der Waals surface area contributed by atoms with Crippen LogP contribution in [0.25, 0.3) is 0 Å². The summed E-state index contributed by atoms with van der Waals surface area (Å²) in [4.78, 5) is 4.16. The van der Waals surface area contributed by atoms with Crippen molar-refractivity contribution >= 4 is 6.21 Å². The van der Waals surface area contributed by atoms with Crippen molar-refractivity contribution in [3.8, 4) is 0 Å². The molecular formula is C12H19N. The van der Waals surface area contributed by atoms with Gasteiger partial charge in [-0.3, -0.25) is 4.99 Å². The Balaban J connectivity index is 4.66. The fourth-order valence-corrected chi connectivity index (χ4v) is 0.886. The topological polar surface area (TPSA) is 12.4 Å². The van der Waals surface area contributed by atoms with E-state index in [1.54, 1.807) is 6.20 Å². The molecule has 0 unspecified atom stereocenters. The van der Waals surface area contributed by atoms with Gasteiger partial charge in [-0.15, -0.1) is 0 Å². The Hall–Kier alpha value is -1.11. The third kappa shape index (κ3) is 4.46. The molecule has 0 radical (unpaired) electrons. The normalized spacial score (nSPS) is 12.8. The largest absolute Gasteiger partial charge is 0.264 e. The highest BCUT2D eigenvalue weighted by Gasteiger charge is 1.95. The fraction of sp³-hybridized carbons (Fsp3) is 0.417. The summed E-state index contributed by atoms with van der Waals surface area (Å²) in [6, 6.07) is 0. The third-order valence-electron chi connectivity index (χ3n) is 1.94. The minimum Gasteiger partial charge on any atom is -0.264 e. The van der Waals surface area contributed by atoms with Gasteiger partial charge in [0, 0.05) is 12.4 Å². The van der Waals surface area contributed by atoms with Crippen LogP contribution in [0.2, 0.25) is 0 Å². The van der Waals surface area contributed by atoms with Crippen LogP contribution in [0.15, 0.2) is 40.1 Å². The van der Waals surface area contributed by atoms with Gasteiger partial charge in [0.2, 0.25) is 0 Å². The van der Waals surface area contributed by atoms with Crippen LogP contribution in [0.5, 0.6) is 0 Å². The minimum absolute atomic E-state index is 1.19. The maximum Gasteiger partial charge on any atom is 0.0339 e. The second-order valence-corrected chi connectivity index (χ2v) is 3.13. The fourth-order valence-electron chi connectivity index (χ4n) is 0.886. The average molecular weight is 177 g/mol. The van der Waals surface area contributed by atoms with Gasteiger partial charge in [0.25, 0.3) is 0 Å². The van der Waals surface area contributed by atoms with Crippen molar-refractivity contribution in [3.05, 3.63) is 35.1 Å². The quantitative estimate of drug-likeness (QED) is 0.458.